The van der Waals surface area contributed by atoms with Gasteiger partial charge in [-0.25, -0.2) is 38.4 Å². The van der Waals surface area contributed by atoms with Gasteiger partial charge in [-0.1, -0.05) is 0 Å². The summed E-state index contributed by atoms with van der Waals surface area (Å²) in [7, 11) is 0. The monoisotopic (exact) mass is 613 g/mol. The van der Waals surface area contributed by atoms with E-state index in [0.29, 0.717) is 0 Å². The third kappa shape index (κ3) is 25.0. The normalized spacial score (nSPS) is 10.5. The Labute approximate surface area is 238 Å². The molecule has 0 aliphatic heterocycles. The van der Waals surface area contributed by atoms with Crippen molar-refractivity contribution in [3.63, 3.8) is 0 Å². The van der Waals surface area contributed by atoms with Crippen LogP contribution < -0.4 is 38.4 Å². The molecule has 0 bridgehead atoms. The third-order valence-electron chi connectivity index (χ3n) is 3.29. The van der Waals surface area contributed by atoms with Crippen LogP contribution in [0.5, 0.6) is 0 Å². The number of ether oxygens (including phenoxy) is 1. The standard InChI is InChI=1S/C20H35N7O15/c1-12(2)35-5-14(28)21-36-6-15(29)22-37-7-16(30)23-38-8-17(31)24-39-9-18(32)25-40-10-19(33)26-41-11-20(34)27-42-13(3)4/h12-13H,5-11H2,1-4H3,(H,21,28)(H,22,29)(H,23,30)(H,24,31)(H,25,32)(H,26,33)(H,27,34). The van der Waals surface area contributed by atoms with Gasteiger partial charge >= 0.3 is 0 Å². The van der Waals surface area contributed by atoms with Crippen molar-refractivity contribution in [1.29, 1.82) is 0 Å². The minimum atomic E-state index is -0.907. The van der Waals surface area contributed by atoms with Crippen LogP contribution in [0.2, 0.25) is 0 Å². The molecule has 0 aromatic carbocycles. The lowest BCUT2D eigenvalue weighted by Gasteiger charge is -2.10. The number of carbonyl (C=O) groups excluding carboxylic acids is 7. The highest BCUT2D eigenvalue weighted by Crippen LogP contribution is 1.86. The van der Waals surface area contributed by atoms with E-state index in [1.54, 1.807) is 27.7 Å². The molecule has 7 N–H and O–H groups in total. The van der Waals surface area contributed by atoms with Crippen molar-refractivity contribution in [2.75, 3.05) is 46.2 Å². The number of hydroxylamine groups is 7. The van der Waals surface area contributed by atoms with Crippen molar-refractivity contribution >= 4 is 41.4 Å². The van der Waals surface area contributed by atoms with Crippen molar-refractivity contribution in [1.82, 2.24) is 38.4 Å². The van der Waals surface area contributed by atoms with Crippen LogP contribution in [0.25, 0.3) is 0 Å². The first-order valence-corrected chi connectivity index (χ1v) is 11.9. The summed E-state index contributed by atoms with van der Waals surface area (Å²) in [5.41, 5.74) is 13.3. The molecule has 0 heterocycles. The van der Waals surface area contributed by atoms with Crippen LogP contribution in [0.4, 0.5) is 0 Å². The number of hydrogen-bond donors (Lipinski definition) is 7. The maximum atomic E-state index is 11.5. The molecule has 7 amide bonds. The van der Waals surface area contributed by atoms with Gasteiger partial charge in [-0.3, -0.25) is 67.4 Å². The molecule has 240 valence electrons. The van der Waals surface area contributed by atoms with Gasteiger partial charge in [0.25, 0.3) is 41.4 Å². The summed E-state index contributed by atoms with van der Waals surface area (Å²) < 4.78 is 5.02. The van der Waals surface area contributed by atoms with Crippen molar-refractivity contribution in [3.8, 4) is 0 Å². The van der Waals surface area contributed by atoms with Crippen LogP contribution in [-0.4, -0.2) is 99.8 Å². The topological polar surface area (TPSA) is 278 Å². The second-order valence-electron chi connectivity index (χ2n) is 7.94. The Balaban J connectivity index is 3.73. The van der Waals surface area contributed by atoms with Gasteiger partial charge in [0.2, 0.25) is 0 Å². The molecule has 0 radical (unpaired) electrons. The Kier molecular flexibility index (Phi) is 21.4. The lowest BCUT2D eigenvalue weighted by molar-refractivity contribution is -0.155. The molecule has 0 unspecified atom stereocenters. The van der Waals surface area contributed by atoms with Crippen LogP contribution in [0, 0.1) is 0 Å². The van der Waals surface area contributed by atoms with Gasteiger partial charge in [0, 0.05) is 0 Å². The fourth-order valence-electron chi connectivity index (χ4n) is 1.72. The number of amides is 7. The van der Waals surface area contributed by atoms with Gasteiger partial charge in [-0.15, -0.1) is 0 Å². The molecule has 22 nitrogen and oxygen atoms in total. The molecule has 22 heteroatoms. The molecular weight excluding hydrogens is 578 g/mol. The first-order chi connectivity index (χ1) is 19.9. The second-order valence-corrected chi connectivity index (χ2v) is 7.94. The molecule has 0 saturated heterocycles. The predicted octanol–water partition coefficient (Wildman–Crippen LogP) is -4.85. The summed E-state index contributed by atoms with van der Waals surface area (Å²) >= 11 is 0. The van der Waals surface area contributed by atoms with Crippen LogP contribution in [0.1, 0.15) is 27.7 Å². The second kappa shape index (κ2) is 23.7. The van der Waals surface area contributed by atoms with Crippen molar-refractivity contribution in [2.45, 2.75) is 39.9 Å². The van der Waals surface area contributed by atoms with E-state index in [-0.39, 0.29) is 18.8 Å². The van der Waals surface area contributed by atoms with Gasteiger partial charge in [0.05, 0.1) is 12.2 Å². The van der Waals surface area contributed by atoms with E-state index in [1.165, 1.54) is 0 Å². The minimum absolute atomic E-state index is 0.166. The number of hydrogen-bond acceptors (Lipinski definition) is 15. The first-order valence-electron chi connectivity index (χ1n) is 11.9. The lowest BCUT2D eigenvalue weighted by Crippen LogP contribution is -2.39. The van der Waals surface area contributed by atoms with Crippen LogP contribution in [-0.2, 0) is 72.2 Å². The van der Waals surface area contributed by atoms with Gasteiger partial charge in [-0.2, -0.15) is 0 Å². The molecule has 0 aromatic rings. The zero-order valence-electron chi connectivity index (χ0n) is 23.2. The molecule has 0 spiro atoms. The lowest BCUT2D eigenvalue weighted by atomic mass is 10.5. The molecule has 42 heavy (non-hydrogen) atoms. The van der Waals surface area contributed by atoms with Crippen molar-refractivity contribution < 1.29 is 72.2 Å². The van der Waals surface area contributed by atoms with Gasteiger partial charge < -0.3 is 4.74 Å². The maximum absolute atomic E-state index is 11.5. The number of rotatable bonds is 23. The zero-order chi connectivity index (χ0) is 31.8. The Hall–Kier alpha value is -4.03. The summed E-state index contributed by atoms with van der Waals surface area (Å²) in [6.07, 6.45) is -0.415. The van der Waals surface area contributed by atoms with E-state index in [1.807, 2.05) is 32.9 Å². The Morgan fingerprint density at radius 1 is 0.381 bits per heavy atom. The third-order valence-corrected chi connectivity index (χ3v) is 3.29. The zero-order valence-corrected chi connectivity index (χ0v) is 23.2. The molecule has 0 saturated carbocycles. The van der Waals surface area contributed by atoms with Gasteiger partial charge in [0.1, 0.15) is 6.61 Å². The molecule has 0 aromatic heterocycles. The van der Waals surface area contributed by atoms with Gasteiger partial charge in [-0.05, 0) is 27.7 Å². The van der Waals surface area contributed by atoms with Crippen LogP contribution in [0.3, 0.4) is 0 Å². The van der Waals surface area contributed by atoms with Crippen LogP contribution >= 0.6 is 0 Å². The molecule has 0 aliphatic rings. The SMILES string of the molecule is CC(C)OCC(=O)NOCC(=O)NOCC(=O)NOCC(=O)NOCC(=O)NOCC(=O)NOCC(=O)NOC(C)C. The smallest absolute Gasteiger partial charge is 0.272 e. The van der Waals surface area contributed by atoms with E-state index in [4.69, 9.17) is 9.57 Å². The van der Waals surface area contributed by atoms with Gasteiger partial charge in [0.15, 0.2) is 39.6 Å². The Morgan fingerprint density at radius 3 is 0.857 bits per heavy atom. The highest BCUT2D eigenvalue weighted by Gasteiger charge is 2.11. The Bertz CT molecular complexity index is 820. The largest absolute Gasteiger partial charge is 0.369 e. The van der Waals surface area contributed by atoms with Crippen LogP contribution in [0.15, 0.2) is 0 Å². The van der Waals surface area contributed by atoms with E-state index >= 15 is 0 Å². The summed E-state index contributed by atoms with van der Waals surface area (Å²) in [6.45, 7) is 2.59. The average Bonchev–Trinajstić information content (AvgIpc) is 2.90. The Morgan fingerprint density at radius 2 is 0.619 bits per heavy atom. The van der Waals surface area contributed by atoms with E-state index < -0.39 is 81.0 Å². The summed E-state index contributed by atoms with van der Waals surface area (Å²) in [5.74, 6) is -5.61. The highest BCUT2D eigenvalue weighted by atomic mass is 16.7. The number of nitrogens with one attached hydrogen (secondary N) is 7. The average molecular weight is 614 g/mol. The van der Waals surface area contributed by atoms with Crippen molar-refractivity contribution in [3.05, 3.63) is 0 Å². The summed E-state index contributed by atoms with van der Waals surface area (Å²) in [6, 6.07) is 0. The molecule has 0 fully saturated rings. The molecule has 0 aliphatic carbocycles. The highest BCUT2D eigenvalue weighted by molar-refractivity contribution is 5.80. The predicted molar refractivity (Wildman–Crippen MR) is 130 cm³/mol. The fourth-order valence-corrected chi connectivity index (χ4v) is 1.72. The van der Waals surface area contributed by atoms with E-state index in [0.717, 1.165) is 0 Å². The quantitative estimate of drug-likeness (QED) is 0.0532. The summed E-state index contributed by atoms with van der Waals surface area (Å²) in [5, 5.41) is 0. The minimum Gasteiger partial charge on any atom is -0.369 e. The fraction of sp³-hybridized carbons (Fsp3) is 0.650. The molecule has 0 atom stereocenters. The first kappa shape index (κ1) is 38.0. The number of carbonyl (C=O) groups is 7. The van der Waals surface area contributed by atoms with E-state index in [2.05, 4.69) is 34.5 Å². The van der Waals surface area contributed by atoms with E-state index in [9.17, 15) is 33.6 Å². The van der Waals surface area contributed by atoms with Crippen molar-refractivity contribution in [2.24, 2.45) is 0 Å². The maximum Gasteiger partial charge on any atom is 0.272 e. The molecular formula is C20H35N7O15. The molecule has 0 rings (SSSR count). The summed E-state index contributed by atoms with van der Waals surface area (Å²) in [4.78, 5) is 112.